The van der Waals surface area contributed by atoms with Crippen LogP contribution in [0.25, 0.3) is 5.69 Å². The number of carbonyl (C=O) groups is 1. The van der Waals surface area contributed by atoms with Gasteiger partial charge in [0, 0.05) is 38.6 Å². The molecule has 3 heterocycles. The maximum atomic E-state index is 11.8. The van der Waals surface area contributed by atoms with Crippen LogP contribution in [0.1, 0.15) is 12.0 Å². The van der Waals surface area contributed by atoms with Crippen LogP contribution in [0.4, 0.5) is 0 Å². The summed E-state index contributed by atoms with van der Waals surface area (Å²) in [5, 5.41) is 14.0. The predicted octanol–water partition coefficient (Wildman–Crippen LogP) is 1.80. The standard InChI is InChI=1S/C18H21N3O3/c22-17(23)18-12-20(11-15(18)5-8-24-13-18)10-14-3-1-4-16(9-14)21-7-2-6-19-21/h1-4,6-7,9,15H,5,8,10-13H2,(H,22,23)/t15-,18+/m0/s1. The molecular weight excluding hydrogens is 306 g/mol. The lowest BCUT2D eigenvalue weighted by molar-refractivity contribution is -0.159. The van der Waals surface area contributed by atoms with E-state index in [1.54, 1.807) is 6.20 Å². The zero-order valence-electron chi connectivity index (χ0n) is 13.5. The zero-order chi connectivity index (χ0) is 16.6. The van der Waals surface area contributed by atoms with Crippen molar-refractivity contribution in [1.29, 1.82) is 0 Å². The molecule has 6 heteroatoms. The molecule has 2 atom stereocenters. The van der Waals surface area contributed by atoms with Crippen molar-refractivity contribution in [3.63, 3.8) is 0 Å². The van der Waals surface area contributed by atoms with E-state index in [9.17, 15) is 9.90 Å². The van der Waals surface area contributed by atoms with Crippen molar-refractivity contribution < 1.29 is 14.6 Å². The van der Waals surface area contributed by atoms with Crippen molar-refractivity contribution in [2.75, 3.05) is 26.3 Å². The number of carboxylic acid groups (broad SMARTS) is 1. The Balaban J connectivity index is 1.52. The summed E-state index contributed by atoms with van der Waals surface area (Å²) in [5.74, 6) is -0.543. The SMILES string of the molecule is O=C(O)[C@]12COCC[C@H]1CN(Cc1cccc(-n3cccn3)c1)C2. The minimum atomic E-state index is -0.738. The highest BCUT2D eigenvalue weighted by Gasteiger charge is 2.53. The molecule has 2 fully saturated rings. The Morgan fingerprint density at radius 1 is 1.42 bits per heavy atom. The molecule has 1 aromatic heterocycles. The number of carboxylic acids is 1. The lowest BCUT2D eigenvalue weighted by Crippen LogP contribution is -2.46. The van der Waals surface area contributed by atoms with Crippen LogP contribution in [-0.2, 0) is 16.1 Å². The first-order chi connectivity index (χ1) is 11.7. The van der Waals surface area contributed by atoms with E-state index in [4.69, 9.17) is 4.74 Å². The van der Waals surface area contributed by atoms with Crippen LogP contribution in [0.15, 0.2) is 42.7 Å². The molecule has 2 aliphatic heterocycles. The fraction of sp³-hybridized carbons (Fsp3) is 0.444. The lowest BCUT2D eigenvalue weighted by Gasteiger charge is -2.34. The Hall–Kier alpha value is -2.18. The highest BCUT2D eigenvalue weighted by atomic mass is 16.5. The molecule has 0 bridgehead atoms. The van der Waals surface area contributed by atoms with Gasteiger partial charge in [-0.25, -0.2) is 4.68 Å². The van der Waals surface area contributed by atoms with Crippen LogP contribution in [0, 0.1) is 11.3 Å². The Labute approximate surface area is 140 Å². The van der Waals surface area contributed by atoms with E-state index in [1.165, 1.54) is 5.56 Å². The molecule has 0 unspecified atom stereocenters. The molecule has 126 valence electrons. The van der Waals surface area contributed by atoms with Crippen molar-refractivity contribution in [1.82, 2.24) is 14.7 Å². The van der Waals surface area contributed by atoms with Gasteiger partial charge in [0.15, 0.2) is 0 Å². The molecule has 0 saturated carbocycles. The summed E-state index contributed by atoms with van der Waals surface area (Å²) >= 11 is 0. The monoisotopic (exact) mass is 327 g/mol. The van der Waals surface area contributed by atoms with E-state index >= 15 is 0 Å². The van der Waals surface area contributed by atoms with E-state index in [2.05, 4.69) is 22.1 Å². The van der Waals surface area contributed by atoms with Gasteiger partial charge >= 0.3 is 5.97 Å². The van der Waals surface area contributed by atoms with Crippen LogP contribution < -0.4 is 0 Å². The van der Waals surface area contributed by atoms with E-state index in [1.807, 2.05) is 29.1 Å². The Kier molecular flexibility index (Phi) is 3.86. The highest BCUT2D eigenvalue weighted by Crippen LogP contribution is 2.42. The largest absolute Gasteiger partial charge is 0.481 e. The molecular formula is C18H21N3O3. The Morgan fingerprint density at radius 3 is 3.08 bits per heavy atom. The Bertz CT molecular complexity index is 731. The highest BCUT2D eigenvalue weighted by molar-refractivity contribution is 5.76. The first kappa shape index (κ1) is 15.4. The molecule has 2 saturated heterocycles. The van der Waals surface area contributed by atoms with Gasteiger partial charge in [0.05, 0.1) is 12.3 Å². The predicted molar refractivity (Wildman–Crippen MR) is 87.8 cm³/mol. The maximum Gasteiger partial charge on any atom is 0.313 e. The molecule has 0 amide bonds. The average Bonchev–Trinajstić information content (AvgIpc) is 3.23. The molecule has 1 N–H and O–H groups in total. The third-order valence-electron chi connectivity index (χ3n) is 5.25. The van der Waals surface area contributed by atoms with Crippen LogP contribution in [0.3, 0.4) is 0 Å². The summed E-state index contributed by atoms with van der Waals surface area (Å²) in [6, 6.07) is 10.1. The van der Waals surface area contributed by atoms with Crippen LogP contribution >= 0.6 is 0 Å². The third kappa shape index (κ3) is 2.61. The van der Waals surface area contributed by atoms with E-state index in [0.29, 0.717) is 19.8 Å². The second-order valence-corrected chi connectivity index (χ2v) is 6.79. The van der Waals surface area contributed by atoms with Gasteiger partial charge in [-0.3, -0.25) is 9.69 Å². The molecule has 2 aliphatic rings. The number of benzene rings is 1. The molecule has 2 aromatic rings. The molecule has 24 heavy (non-hydrogen) atoms. The van der Waals surface area contributed by atoms with Gasteiger partial charge in [0.1, 0.15) is 5.41 Å². The van der Waals surface area contributed by atoms with Crippen LogP contribution in [0.2, 0.25) is 0 Å². The summed E-state index contributed by atoms with van der Waals surface area (Å²) in [6.07, 6.45) is 4.50. The second kappa shape index (κ2) is 6.03. The number of nitrogens with zero attached hydrogens (tertiary/aromatic N) is 3. The van der Waals surface area contributed by atoms with Crippen molar-refractivity contribution in [3.8, 4) is 5.69 Å². The quantitative estimate of drug-likeness (QED) is 0.927. The third-order valence-corrected chi connectivity index (χ3v) is 5.25. The summed E-state index contributed by atoms with van der Waals surface area (Å²) in [6.45, 7) is 3.13. The zero-order valence-corrected chi connectivity index (χ0v) is 13.5. The van der Waals surface area contributed by atoms with Crippen LogP contribution in [0.5, 0.6) is 0 Å². The van der Waals surface area contributed by atoms with Gasteiger partial charge in [0.25, 0.3) is 0 Å². The number of hydrogen-bond donors (Lipinski definition) is 1. The number of aromatic nitrogens is 2. The van der Waals surface area contributed by atoms with Gasteiger partial charge in [-0.15, -0.1) is 0 Å². The first-order valence-corrected chi connectivity index (χ1v) is 8.30. The number of ether oxygens (including phenoxy) is 1. The van der Waals surface area contributed by atoms with Gasteiger partial charge in [-0.2, -0.15) is 5.10 Å². The molecule has 0 aliphatic carbocycles. The van der Waals surface area contributed by atoms with E-state index in [-0.39, 0.29) is 5.92 Å². The number of likely N-dealkylation sites (tertiary alicyclic amines) is 1. The fourth-order valence-electron chi connectivity index (χ4n) is 3.99. The number of rotatable bonds is 4. The minimum absolute atomic E-state index is 0.179. The smallest absolute Gasteiger partial charge is 0.313 e. The van der Waals surface area contributed by atoms with Gasteiger partial charge < -0.3 is 9.84 Å². The summed E-state index contributed by atoms with van der Waals surface area (Å²) in [7, 11) is 0. The number of aliphatic carboxylic acids is 1. The van der Waals surface area contributed by atoms with E-state index < -0.39 is 11.4 Å². The topological polar surface area (TPSA) is 67.6 Å². The fourth-order valence-corrected chi connectivity index (χ4v) is 3.99. The number of hydrogen-bond acceptors (Lipinski definition) is 4. The first-order valence-electron chi connectivity index (χ1n) is 8.30. The molecule has 0 radical (unpaired) electrons. The van der Waals surface area contributed by atoms with Gasteiger partial charge in [-0.1, -0.05) is 12.1 Å². The summed E-state index contributed by atoms with van der Waals surface area (Å²) in [5.41, 5.74) is 1.45. The van der Waals surface area contributed by atoms with Gasteiger partial charge in [0.2, 0.25) is 0 Å². The van der Waals surface area contributed by atoms with Crippen molar-refractivity contribution >= 4 is 5.97 Å². The number of fused-ring (bicyclic) bond motifs is 1. The molecule has 1 aromatic carbocycles. The lowest BCUT2D eigenvalue weighted by atomic mass is 9.76. The van der Waals surface area contributed by atoms with Crippen LogP contribution in [-0.4, -0.2) is 52.1 Å². The summed E-state index contributed by atoms with van der Waals surface area (Å²) in [4.78, 5) is 14.1. The summed E-state index contributed by atoms with van der Waals surface area (Å²) < 4.78 is 7.33. The maximum absolute atomic E-state index is 11.8. The molecule has 0 spiro atoms. The van der Waals surface area contributed by atoms with Crippen molar-refractivity contribution in [3.05, 3.63) is 48.3 Å². The second-order valence-electron chi connectivity index (χ2n) is 6.79. The van der Waals surface area contributed by atoms with Crippen molar-refractivity contribution in [2.45, 2.75) is 13.0 Å². The van der Waals surface area contributed by atoms with E-state index in [0.717, 1.165) is 25.2 Å². The average molecular weight is 327 g/mol. The normalized spacial score (nSPS) is 27.1. The Morgan fingerprint density at radius 2 is 2.33 bits per heavy atom. The van der Waals surface area contributed by atoms with Gasteiger partial charge in [-0.05, 0) is 36.1 Å². The van der Waals surface area contributed by atoms with Crippen molar-refractivity contribution in [2.24, 2.45) is 11.3 Å². The molecule has 6 nitrogen and oxygen atoms in total. The minimum Gasteiger partial charge on any atom is -0.481 e. The molecule has 4 rings (SSSR count).